The average molecular weight is 279 g/mol. The maximum Gasteiger partial charge on any atom is 0.317 e. The summed E-state index contributed by atoms with van der Waals surface area (Å²) in [6.45, 7) is 4.97. The van der Waals surface area contributed by atoms with Gasteiger partial charge < -0.3 is 15.3 Å². The van der Waals surface area contributed by atoms with Crippen molar-refractivity contribution in [3.8, 4) is 6.07 Å². The minimum absolute atomic E-state index is 0.241. The van der Waals surface area contributed by atoms with Crippen LogP contribution in [0.4, 0.5) is 4.79 Å². The summed E-state index contributed by atoms with van der Waals surface area (Å²) in [5, 5.41) is 20.3. The molecule has 0 aliphatic heterocycles. The largest absolute Gasteiger partial charge is 0.481 e. The molecule has 0 spiro atoms. The van der Waals surface area contributed by atoms with Crippen LogP contribution in [0.5, 0.6) is 0 Å². The topological polar surface area (TPSA) is 93.4 Å². The van der Waals surface area contributed by atoms with Crippen LogP contribution >= 0.6 is 0 Å². The van der Waals surface area contributed by atoms with Gasteiger partial charge in [-0.15, -0.1) is 0 Å². The zero-order chi connectivity index (χ0) is 15.1. The molecule has 110 valence electrons. The van der Waals surface area contributed by atoms with Crippen molar-refractivity contribution in [3.05, 3.63) is 12.2 Å². The summed E-state index contributed by atoms with van der Waals surface area (Å²) < 4.78 is 0. The second kappa shape index (κ2) is 7.53. The molecule has 1 aliphatic rings. The molecule has 0 radical (unpaired) electrons. The van der Waals surface area contributed by atoms with E-state index in [0.29, 0.717) is 31.8 Å². The van der Waals surface area contributed by atoms with E-state index in [9.17, 15) is 9.59 Å². The summed E-state index contributed by atoms with van der Waals surface area (Å²) in [5.74, 6) is -1.09. The van der Waals surface area contributed by atoms with Gasteiger partial charge in [-0.1, -0.05) is 26.0 Å². The monoisotopic (exact) mass is 279 g/mol. The van der Waals surface area contributed by atoms with Crippen LogP contribution in [-0.2, 0) is 4.79 Å². The highest BCUT2D eigenvalue weighted by molar-refractivity contribution is 5.76. The van der Waals surface area contributed by atoms with Crippen LogP contribution in [0.15, 0.2) is 12.2 Å². The number of hydrogen-bond donors (Lipinski definition) is 2. The van der Waals surface area contributed by atoms with Gasteiger partial charge in [0.25, 0.3) is 0 Å². The molecule has 0 heterocycles. The lowest BCUT2D eigenvalue weighted by molar-refractivity contribution is -0.140. The third-order valence-corrected chi connectivity index (χ3v) is 3.08. The normalized spacial score (nSPS) is 20.7. The predicted molar refractivity (Wildman–Crippen MR) is 73.8 cm³/mol. The SMILES string of the molecule is CC(C)CN(CCC#N)C(=O)NC1C=CC(C(=O)O)C1. The van der Waals surface area contributed by atoms with Gasteiger partial charge in [-0.2, -0.15) is 5.26 Å². The molecule has 20 heavy (non-hydrogen) atoms. The first-order valence-corrected chi connectivity index (χ1v) is 6.77. The molecule has 0 aromatic carbocycles. The lowest BCUT2D eigenvalue weighted by Crippen LogP contribution is -2.45. The van der Waals surface area contributed by atoms with Crippen molar-refractivity contribution in [1.29, 1.82) is 5.26 Å². The van der Waals surface area contributed by atoms with Crippen LogP contribution in [0.25, 0.3) is 0 Å². The van der Waals surface area contributed by atoms with Crippen molar-refractivity contribution in [2.24, 2.45) is 11.8 Å². The molecule has 0 saturated heterocycles. The van der Waals surface area contributed by atoms with Crippen molar-refractivity contribution in [3.63, 3.8) is 0 Å². The molecule has 0 saturated carbocycles. The van der Waals surface area contributed by atoms with E-state index in [0.717, 1.165) is 0 Å². The predicted octanol–water partition coefficient (Wildman–Crippen LogP) is 1.60. The van der Waals surface area contributed by atoms with Crippen LogP contribution in [0.1, 0.15) is 26.7 Å². The van der Waals surface area contributed by atoms with Crippen molar-refractivity contribution < 1.29 is 14.7 Å². The standard InChI is InChI=1S/C14H21N3O3/c1-10(2)9-17(7-3-6-15)14(20)16-12-5-4-11(8-12)13(18)19/h4-5,10-12H,3,7-9H2,1-2H3,(H,16,20)(H,18,19). The van der Waals surface area contributed by atoms with E-state index in [2.05, 4.69) is 5.32 Å². The summed E-state index contributed by atoms with van der Waals surface area (Å²) in [6.07, 6.45) is 4.00. The zero-order valence-electron chi connectivity index (χ0n) is 11.9. The highest BCUT2D eigenvalue weighted by Gasteiger charge is 2.26. The summed E-state index contributed by atoms with van der Waals surface area (Å²) in [4.78, 5) is 24.6. The Kier molecular flexibility index (Phi) is 6.04. The van der Waals surface area contributed by atoms with Gasteiger partial charge in [0.2, 0.25) is 0 Å². The van der Waals surface area contributed by atoms with Gasteiger partial charge in [0.1, 0.15) is 0 Å². The second-order valence-electron chi connectivity index (χ2n) is 5.37. The number of carboxylic acids is 1. The minimum atomic E-state index is -0.874. The highest BCUT2D eigenvalue weighted by atomic mass is 16.4. The molecular formula is C14H21N3O3. The van der Waals surface area contributed by atoms with E-state index in [1.165, 1.54) is 0 Å². The number of hydrogen-bond acceptors (Lipinski definition) is 3. The molecule has 0 fully saturated rings. The smallest absolute Gasteiger partial charge is 0.317 e. The molecule has 1 rings (SSSR count). The lowest BCUT2D eigenvalue weighted by atomic mass is 10.1. The van der Waals surface area contributed by atoms with Crippen LogP contribution < -0.4 is 5.32 Å². The molecule has 6 nitrogen and oxygen atoms in total. The average Bonchev–Trinajstić information content (AvgIpc) is 2.82. The molecule has 2 N–H and O–H groups in total. The number of rotatable bonds is 6. The Balaban J connectivity index is 2.52. The van der Waals surface area contributed by atoms with E-state index >= 15 is 0 Å². The second-order valence-corrected chi connectivity index (χ2v) is 5.37. The summed E-state index contributed by atoms with van der Waals surface area (Å²) in [5.41, 5.74) is 0. The quantitative estimate of drug-likeness (QED) is 0.722. The molecule has 2 atom stereocenters. The van der Waals surface area contributed by atoms with Crippen molar-refractivity contribution in [1.82, 2.24) is 10.2 Å². The van der Waals surface area contributed by atoms with Crippen molar-refractivity contribution in [2.45, 2.75) is 32.7 Å². The number of carbonyl (C=O) groups is 2. The van der Waals surface area contributed by atoms with Crippen LogP contribution in [0.3, 0.4) is 0 Å². The Hall–Kier alpha value is -2.03. The van der Waals surface area contributed by atoms with E-state index in [4.69, 9.17) is 10.4 Å². The van der Waals surface area contributed by atoms with Gasteiger partial charge >= 0.3 is 12.0 Å². The fourth-order valence-electron chi connectivity index (χ4n) is 2.14. The number of nitriles is 1. The molecule has 0 aromatic rings. The Labute approximate surface area is 119 Å². The Morgan fingerprint density at radius 3 is 2.70 bits per heavy atom. The minimum Gasteiger partial charge on any atom is -0.481 e. The molecule has 1 aliphatic carbocycles. The zero-order valence-corrected chi connectivity index (χ0v) is 11.9. The van der Waals surface area contributed by atoms with Crippen LogP contribution in [0.2, 0.25) is 0 Å². The molecule has 0 bridgehead atoms. The Bertz CT molecular complexity index is 426. The third kappa shape index (κ3) is 4.92. The number of aliphatic carboxylic acids is 1. The number of carbonyl (C=O) groups excluding carboxylic acids is 1. The maximum absolute atomic E-state index is 12.1. The van der Waals surface area contributed by atoms with Gasteiger partial charge in [0.05, 0.1) is 24.4 Å². The Morgan fingerprint density at radius 1 is 1.50 bits per heavy atom. The summed E-state index contributed by atoms with van der Waals surface area (Å²) in [7, 11) is 0. The Morgan fingerprint density at radius 2 is 2.20 bits per heavy atom. The van der Waals surface area contributed by atoms with Crippen molar-refractivity contribution in [2.75, 3.05) is 13.1 Å². The molecular weight excluding hydrogens is 258 g/mol. The number of amides is 2. The van der Waals surface area contributed by atoms with E-state index < -0.39 is 11.9 Å². The maximum atomic E-state index is 12.1. The molecule has 0 aromatic heterocycles. The first kappa shape index (κ1) is 16.0. The van der Waals surface area contributed by atoms with Gasteiger partial charge in [0.15, 0.2) is 0 Å². The number of urea groups is 1. The van der Waals surface area contributed by atoms with Crippen LogP contribution in [0, 0.1) is 23.2 Å². The third-order valence-electron chi connectivity index (χ3n) is 3.08. The number of carboxylic acid groups (broad SMARTS) is 1. The summed E-state index contributed by atoms with van der Waals surface area (Å²) >= 11 is 0. The summed E-state index contributed by atoms with van der Waals surface area (Å²) in [6, 6.07) is 1.54. The van der Waals surface area contributed by atoms with Gasteiger partial charge in [-0.3, -0.25) is 4.79 Å². The fourth-order valence-corrected chi connectivity index (χ4v) is 2.14. The first-order valence-electron chi connectivity index (χ1n) is 6.77. The van der Waals surface area contributed by atoms with Crippen molar-refractivity contribution >= 4 is 12.0 Å². The van der Waals surface area contributed by atoms with E-state index in [1.54, 1.807) is 17.1 Å². The highest BCUT2D eigenvalue weighted by Crippen LogP contribution is 2.18. The molecule has 2 amide bonds. The first-order chi connectivity index (χ1) is 9.43. The molecule has 2 unspecified atom stereocenters. The van der Waals surface area contributed by atoms with Gasteiger partial charge in [-0.05, 0) is 12.3 Å². The number of nitrogens with zero attached hydrogens (tertiary/aromatic N) is 2. The van der Waals surface area contributed by atoms with Gasteiger partial charge in [-0.25, -0.2) is 4.79 Å². The molecule has 6 heteroatoms. The number of nitrogens with one attached hydrogen (secondary N) is 1. The van der Waals surface area contributed by atoms with Crippen LogP contribution in [-0.4, -0.2) is 41.1 Å². The van der Waals surface area contributed by atoms with E-state index in [-0.39, 0.29) is 12.1 Å². The van der Waals surface area contributed by atoms with Gasteiger partial charge in [0, 0.05) is 13.1 Å². The fraction of sp³-hybridized carbons (Fsp3) is 0.643. The van der Waals surface area contributed by atoms with E-state index in [1.807, 2.05) is 19.9 Å². The lowest BCUT2D eigenvalue weighted by Gasteiger charge is -2.25.